The van der Waals surface area contributed by atoms with Crippen molar-refractivity contribution < 1.29 is 0 Å². The molecule has 2 aliphatic heterocycles. The van der Waals surface area contributed by atoms with E-state index in [1.807, 2.05) is 0 Å². The third-order valence-corrected chi connectivity index (χ3v) is 5.10. The molecule has 2 aliphatic rings. The van der Waals surface area contributed by atoms with Gasteiger partial charge in [0.1, 0.15) is 0 Å². The van der Waals surface area contributed by atoms with Crippen LogP contribution in [0.4, 0.5) is 0 Å². The van der Waals surface area contributed by atoms with Crippen molar-refractivity contribution in [2.45, 2.75) is 38.5 Å². The summed E-state index contributed by atoms with van der Waals surface area (Å²) in [6.45, 7) is 1.90. The summed E-state index contributed by atoms with van der Waals surface area (Å²) in [5, 5.41) is 0. The van der Waals surface area contributed by atoms with Crippen molar-refractivity contribution in [1.29, 1.82) is 0 Å². The predicted molar refractivity (Wildman–Crippen MR) is 102 cm³/mol. The Morgan fingerprint density at radius 1 is 0.625 bits per heavy atom. The topological polar surface area (TPSA) is 24.7 Å². The van der Waals surface area contributed by atoms with E-state index in [0.29, 0.717) is 0 Å². The molecular weight excluding hydrogens is 292 g/mol. The standard InChI is InChI=1S/C22H24N2/c1-3-9-19-17(7-1)13-15-23-21(19)11-5-6-12-22-20-10-4-2-8-18(20)14-16-24-22/h1-4,7-10H,5-6,11-16H2. The number of aliphatic imine (C=N–C) groups is 2. The van der Waals surface area contributed by atoms with Crippen LogP contribution in [0.1, 0.15) is 47.9 Å². The minimum Gasteiger partial charge on any atom is -0.289 e. The normalized spacial score (nSPS) is 16.0. The van der Waals surface area contributed by atoms with Crippen LogP contribution in [-0.2, 0) is 12.8 Å². The molecule has 0 aromatic heterocycles. The number of hydrogen-bond acceptors (Lipinski definition) is 2. The van der Waals surface area contributed by atoms with E-state index in [2.05, 4.69) is 48.5 Å². The lowest BCUT2D eigenvalue weighted by Crippen LogP contribution is -2.14. The first-order valence-corrected chi connectivity index (χ1v) is 9.15. The van der Waals surface area contributed by atoms with Gasteiger partial charge in [0.05, 0.1) is 0 Å². The number of fused-ring (bicyclic) bond motifs is 2. The monoisotopic (exact) mass is 316 g/mol. The molecule has 2 aromatic rings. The van der Waals surface area contributed by atoms with Gasteiger partial charge in [-0.2, -0.15) is 0 Å². The summed E-state index contributed by atoms with van der Waals surface area (Å²) in [6, 6.07) is 17.5. The molecule has 4 rings (SSSR count). The lowest BCUT2D eigenvalue weighted by Gasteiger charge is -2.18. The Labute approximate surface area is 144 Å². The summed E-state index contributed by atoms with van der Waals surface area (Å²) in [4.78, 5) is 9.55. The van der Waals surface area contributed by atoms with E-state index in [0.717, 1.165) is 38.8 Å². The van der Waals surface area contributed by atoms with Crippen molar-refractivity contribution >= 4 is 11.4 Å². The van der Waals surface area contributed by atoms with Crippen LogP contribution in [-0.4, -0.2) is 24.5 Å². The third-order valence-electron chi connectivity index (χ3n) is 5.10. The summed E-state index contributed by atoms with van der Waals surface area (Å²) in [6.07, 6.45) is 6.74. The highest BCUT2D eigenvalue weighted by molar-refractivity contribution is 6.03. The van der Waals surface area contributed by atoms with E-state index in [1.165, 1.54) is 46.5 Å². The highest BCUT2D eigenvalue weighted by Crippen LogP contribution is 2.21. The molecule has 0 saturated heterocycles. The lowest BCUT2D eigenvalue weighted by molar-refractivity contribution is 0.779. The fourth-order valence-corrected chi connectivity index (χ4v) is 3.84. The van der Waals surface area contributed by atoms with Gasteiger partial charge in [0.15, 0.2) is 0 Å². The fraction of sp³-hybridized carbons (Fsp3) is 0.364. The average molecular weight is 316 g/mol. The Bertz CT molecular complexity index is 719. The molecule has 0 aliphatic carbocycles. The molecule has 0 fully saturated rings. The van der Waals surface area contributed by atoms with Crippen molar-refractivity contribution in [2.75, 3.05) is 13.1 Å². The summed E-state index contributed by atoms with van der Waals surface area (Å²) in [5.41, 5.74) is 8.31. The van der Waals surface area contributed by atoms with Crippen LogP contribution in [0, 0.1) is 0 Å². The van der Waals surface area contributed by atoms with Crippen LogP contribution in [0.15, 0.2) is 58.5 Å². The van der Waals surface area contributed by atoms with E-state index >= 15 is 0 Å². The second kappa shape index (κ2) is 7.12. The van der Waals surface area contributed by atoms with Crippen molar-refractivity contribution in [2.24, 2.45) is 9.98 Å². The van der Waals surface area contributed by atoms with Gasteiger partial charge in [-0.15, -0.1) is 0 Å². The quantitative estimate of drug-likeness (QED) is 0.718. The minimum absolute atomic E-state index is 0.951. The lowest BCUT2D eigenvalue weighted by atomic mass is 9.92. The zero-order valence-corrected chi connectivity index (χ0v) is 14.2. The molecule has 2 aromatic carbocycles. The molecule has 0 amide bonds. The first-order chi connectivity index (χ1) is 11.9. The van der Waals surface area contributed by atoms with Gasteiger partial charge in [-0.05, 0) is 60.8 Å². The molecule has 2 nitrogen and oxygen atoms in total. The average Bonchev–Trinajstić information content (AvgIpc) is 2.65. The van der Waals surface area contributed by atoms with Gasteiger partial charge in [0.25, 0.3) is 0 Å². The maximum atomic E-state index is 4.78. The number of rotatable bonds is 5. The van der Waals surface area contributed by atoms with Crippen molar-refractivity contribution in [1.82, 2.24) is 0 Å². The maximum absolute atomic E-state index is 4.78. The largest absolute Gasteiger partial charge is 0.289 e. The Morgan fingerprint density at radius 3 is 1.58 bits per heavy atom. The third kappa shape index (κ3) is 3.19. The Morgan fingerprint density at radius 2 is 1.08 bits per heavy atom. The summed E-state index contributed by atoms with van der Waals surface area (Å²) in [7, 11) is 0. The van der Waals surface area contributed by atoms with Crippen molar-refractivity contribution in [3.8, 4) is 0 Å². The summed E-state index contributed by atoms with van der Waals surface area (Å²) in [5.74, 6) is 0. The van der Waals surface area contributed by atoms with E-state index in [-0.39, 0.29) is 0 Å². The molecule has 0 radical (unpaired) electrons. The van der Waals surface area contributed by atoms with Crippen LogP contribution in [0.2, 0.25) is 0 Å². The van der Waals surface area contributed by atoms with Gasteiger partial charge in [-0.3, -0.25) is 9.98 Å². The van der Waals surface area contributed by atoms with Crippen molar-refractivity contribution in [3.05, 3.63) is 70.8 Å². The first-order valence-electron chi connectivity index (χ1n) is 9.15. The molecule has 2 heteroatoms. The molecule has 0 N–H and O–H groups in total. The van der Waals surface area contributed by atoms with Crippen LogP contribution < -0.4 is 0 Å². The summed E-state index contributed by atoms with van der Waals surface area (Å²) >= 11 is 0. The maximum Gasteiger partial charge on any atom is 0.0433 e. The SMILES string of the molecule is c1ccc2c(c1)CCN=C2CCCCC1=NCCc2ccccc21. The van der Waals surface area contributed by atoms with E-state index < -0.39 is 0 Å². The molecule has 0 saturated carbocycles. The molecular formula is C22H24N2. The van der Waals surface area contributed by atoms with Crippen LogP contribution >= 0.6 is 0 Å². The summed E-state index contributed by atoms with van der Waals surface area (Å²) < 4.78 is 0. The smallest absolute Gasteiger partial charge is 0.0433 e. The molecule has 2 heterocycles. The second-order valence-corrected chi connectivity index (χ2v) is 6.68. The highest BCUT2D eigenvalue weighted by atomic mass is 14.8. The number of hydrogen-bond donors (Lipinski definition) is 0. The van der Waals surface area contributed by atoms with Gasteiger partial charge in [0.2, 0.25) is 0 Å². The molecule has 0 spiro atoms. The van der Waals surface area contributed by atoms with Crippen LogP contribution in [0.3, 0.4) is 0 Å². The van der Waals surface area contributed by atoms with E-state index in [4.69, 9.17) is 9.98 Å². The fourth-order valence-electron chi connectivity index (χ4n) is 3.84. The van der Waals surface area contributed by atoms with Crippen molar-refractivity contribution in [3.63, 3.8) is 0 Å². The van der Waals surface area contributed by atoms with E-state index in [9.17, 15) is 0 Å². The first kappa shape index (κ1) is 15.3. The zero-order chi connectivity index (χ0) is 16.2. The van der Waals surface area contributed by atoms with Gasteiger partial charge >= 0.3 is 0 Å². The molecule has 24 heavy (non-hydrogen) atoms. The Kier molecular flexibility index (Phi) is 4.55. The van der Waals surface area contributed by atoms with Crippen LogP contribution in [0.5, 0.6) is 0 Å². The van der Waals surface area contributed by atoms with Crippen LogP contribution in [0.25, 0.3) is 0 Å². The Balaban J connectivity index is 1.34. The predicted octanol–water partition coefficient (Wildman–Crippen LogP) is 4.64. The molecule has 122 valence electrons. The van der Waals surface area contributed by atoms with Gasteiger partial charge < -0.3 is 0 Å². The number of benzene rings is 2. The molecule has 0 bridgehead atoms. The molecule has 0 atom stereocenters. The number of nitrogens with zero attached hydrogens (tertiary/aromatic N) is 2. The van der Waals surface area contributed by atoms with Gasteiger partial charge in [0, 0.05) is 24.5 Å². The second-order valence-electron chi connectivity index (χ2n) is 6.68. The highest BCUT2D eigenvalue weighted by Gasteiger charge is 2.15. The number of unbranched alkanes of at least 4 members (excludes halogenated alkanes) is 1. The van der Waals surface area contributed by atoms with Gasteiger partial charge in [-0.25, -0.2) is 0 Å². The zero-order valence-electron chi connectivity index (χ0n) is 14.2. The Hall–Kier alpha value is -2.22. The van der Waals surface area contributed by atoms with E-state index in [1.54, 1.807) is 0 Å². The molecule has 0 unspecified atom stereocenters. The minimum atomic E-state index is 0.951. The van der Waals surface area contributed by atoms with Gasteiger partial charge in [-0.1, -0.05) is 48.5 Å².